The van der Waals surface area contributed by atoms with Crippen LogP contribution in [0.5, 0.6) is 0 Å². The molecule has 3 aromatic rings. The Morgan fingerprint density at radius 2 is 1.71 bits per heavy atom. The van der Waals surface area contributed by atoms with Gasteiger partial charge in [0.15, 0.2) is 0 Å². The number of hydrogen-bond acceptors (Lipinski definition) is 4. The molecule has 1 unspecified atom stereocenters. The molecule has 1 fully saturated rings. The maximum absolute atomic E-state index is 13.1. The molecule has 1 amide bonds. The van der Waals surface area contributed by atoms with Crippen molar-refractivity contribution in [1.82, 2.24) is 5.32 Å². The van der Waals surface area contributed by atoms with Crippen LogP contribution in [-0.2, 0) is 10.0 Å². The number of amides is 1. The molecular formula is C26H28FN3O3S. The van der Waals surface area contributed by atoms with Gasteiger partial charge in [-0.3, -0.25) is 9.52 Å². The van der Waals surface area contributed by atoms with Crippen molar-refractivity contribution in [2.75, 3.05) is 29.3 Å². The van der Waals surface area contributed by atoms with Gasteiger partial charge in [-0.1, -0.05) is 6.07 Å². The van der Waals surface area contributed by atoms with Crippen LogP contribution in [0.4, 0.5) is 15.8 Å². The lowest BCUT2D eigenvalue weighted by molar-refractivity contribution is 0.0948. The Bertz CT molecular complexity index is 1280. The Morgan fingerprint density at radius 3 is 2.38 bits per heavy atom. The fourth-order valence-corrected chi connectivity index (χ4v) is 5.15. The van der Waals surface area contributed by atoms with Crippen LogP contribution in [0.1, 0.15) is 27.9 Å². The molecule has 1 aliphatic heterocycles. The zero-order chi connectivity index (χ0) is 24.3. The summed E-state index contributed by atoms with van der Waals surface area (Å²) in [6, 6.07) is 17.8. The number of rotatable bonds is 7. The zero-order valence-electron chi connectivity index (χ0n) is 19.2. The van der Waals surface area contributed by atoms with Crippen molar-refractivity contribution in [3.8, 4) is 0 Å². The zero-order valence-corrected chi connectivity index (χ0v) is 20.0. The fraction of sp³-hybridized carbons (Fsp3) is 0.269. The molecule has 34 heavy (non-hydrogen) atoms. The van der Waals surface area contributed by atoms with Crippen molar-refractivity contribution >= 4 is 27.3 Å². The Kier molecular flexibility index (Phi) is 6.88. The normalized spacial score (nSPS) is 15.9. The third-order valence-electron chi connectivity index (χ3n) is 6.22. The Balaban J connectivity index is 1.31. The van der Waals surface area contributed by atoms with Crippen molar-refractivity contribution in [3.63, 3.8) is 0 Å². The Morgan fingerprint density at radius 1 is 1.00 bits per heavy atom. The molecule has 2 N–H and O–H groups in total. The average molecular weight is 482 g/mol. The molecule has 0 saturated carbocycles. The van der Waals surface area contributed by atoms with Gasteiger partial charge < -0.3 is 10.2 Å². The second-order valence-electron chi connectivity index (χ2n) is 8.72. The highest BCUT2D eigenvalue weighted by atomic mass is 32.2. The summed E-state index contributed by atoms with van der Waals surface area (Å²) < 4.78 is 41.0. The van der Waals surface area contributed by atoms with E-state index in [-0.39, 0.29) is 16.6 Å². The Labute approximate surface area is 199 Å². The van der Waals surface area contributed by atoms with Crippen LogP contribution >= 0.6 is 0 Å². The predicted octanol–water partition coefficient (Wildman–Crippen LogP) is 4.50. The van der Waals surface area contributed by atoms with Gasteiger partial charge in [0.25, 0.3) is 15.9 Å². The summed E-state index contributed by atoms with van der Waals surface area (Å²) in [5, 5.41) is 2.96. The van der Waals surface area contributed by atoms with Crippen molar-refractivity contribution in [2.24, 2.45) is 5.92 Å². The summed E-state index contributed by atoms with van der Waals surface area (Å²) in [6.45, 7) is 6.00. The monoisotopic (exact) mass is 481 g/mol. The number of aryl methyl sites for hydroxylation is 2. The average Bonchev–Trinajstić information content (AvgIpc) is 3.29. The van der Waals surface area contributed by atoms with E-state index in [9.17, 15) is 17.6 Å². The van der Waals surface area contributed by atoms with E-state index >= 15 is 0 Å². The van der Waals surface area contributed by atoms with E-state index in [4.69, 9.17) is 0 Å². The smallest absolute Gasteiger partial charge is 0.261 e. The number of carbonyl (C=O) groups excluding carboxylic acids is 1. The van der Waals surface area contributed by atoms with Crippen molar-refractivity contribution in [2.45, 2.75) is 25.2 Å². The van der Waals surface area contributed by atoms with E-state index in [1.54, 1.807) is 54.6 Å². The molecule has 3 aromatic carbocycles. The number of hydrogen-bond donors (Lipinski definition) is 2. The predicted molar refractivity (Wildman–Crippen MR) is 132 cm³/mol. The van der Waals surface area contributed by atoms with Gasteiger partial charge >= 0.3 is 0 Å². The van der Waals surface area contributed by atoms with Crippen molar-refractivity contribution in [1.29, 1.82) is 0 Å². The molecule has 1 heterocycles. The first-order valence-electron chi connectivity index (χ1n) is 11.2. The van der Waals surface area contributed by atoms with Crippen molar-refractivity contribution < 1.29 is 17.6 Å². The van der Waals surface area contributed by atoms with Gasteiger partial charge in [0.2, 0.25) is 0 Å². The number of sulfonamides is 1. The lowest BCUT2D eigenvalue weighted by atomic mass is 10.1. The molecule has 0 bridgehead atoms. The van der Waals surface area contributed by atoms with Crippen LogP contribution in [0, 0.1) is 25.6 Å². The van der Waals surface area contributed by atoms with Crippen molar-refractivity contribution in [3.05, 3.63) is 89.2 Å². The van der Waals surface area contributed by atoms with Gasteiger partial charge in [0.1, 0.15) is 5.82 Å². The lowest BCUT2D eigenvalue weighted by Gasteiger charge is -2.19. The van der Waals surface area contributed by atoms with E-state index in [1.165, 1.54) is 12.1 Å². The number of nitrogens with zero attached hydrogens (tertiary/aromatic N) is 1. The van der Waals surface area contributed by atoms with Gasteiger partial charge in [-0.05, 0) is 98.0 Å². The van der Waals surface area contributed by atoms with Crippen LogP contribution in [0.2, 0.25) is 0 Å². The molecule has 178 valence electrons. The number of nitrogens with one attached hydrogen (secondary N) is 2. The molecule has 0 aromatic heterocycles. The van der Waals surface area contributed by atoms with E-state index in [1.807, 2.05) is 13.8 Å². The lowest BCUT2D eigenvalue weighted by Crippen LogP contribution is -2.31. The first kappa shape index (κ1) is 23.8. The Hall–Kier alpha value is -3.39. The van der Waals surface area contributed by atoms with Gasteiger partial charge in [0.05, 0.1) is 4.90 Å². The summed E-state index contributed by atoms with van der Waals surface area (Å²) in [4.78, 5) is 15.0. The fourth-order valence-electron chi connectivity index (χ4n) is 4.01. The minimum Gasteiger partial charge on any atom is -0.371 e. The minimum absolute atomic E-state index is 0.198. The maximum Gasteiger partial charge on any atom is 0.261 e. The van der Waals surface area contributed by atoms with Gasteiger partial charge in [-0.15, -0.1) is 0 Å². The largest absolute Gasteiger partial charge is 0.371 e. The molecule has 0 radical (unpaired) electrons. The summed E-state index contributed by atoms with van der Waals surface area (Å²) in [7, 11) is -3.71. The number of carbonyl (C=O) groups is 1. The third kappa shape index (κ3) is 5.56. The van der Waals surface area contributed by atoms with Crippen LogP contribution in [0.15, 0.2) is 71.6 Å². The molecule has 0 spiro atoms. The quantitative estimate of drug-likeness (QED) is 0.521. The van der Waals surface area contributed by atoms with Gasteiger partial charge in [-0.2, -0.15) is 0 Å². The molecule has 1 atom stereocenters. The molecule has 6 nitrogen and oxygen atoms in total. The summed E-state index contributed by atoms with van der Waals surface area (Å²) in [5.74, 6) is -0.155. The van der Waals surface area contributed by atoms with Gasteiger partial charge in [-0.25, -0.2) is 12.8 Å². The van der Waals surface area contributed by atoms with E-state index in [2.05, 4.69) is 14.9 Å². The minimum atomic E-state index is -3.71. The number of anilines is 2. The molecule has 1 saturated heterocycles. The maximum atomic E-state index is 13.1. The van der Waals surface area contributed by atoms with Crippen LogP contribution < -0.4 is 14.9 Å². The highest BCUT2D eigenvalue weighted by Gasteiger charge is 2.23. The highest BCUT2D eigenvalue weighted by molar-refractivity contribution is 7.92. The SMILES string of the molecule is Cc1ccc(S(=O)(=O)Nc2ccc(C(=O)NCC3CCN(c4ccc(F)cc4)C3)cc2)cc1C. The van der Waals surface area contributed by atoms with E-state index in [0.717, 1.165) is 36.3 Å². The highest BCUT2D eigenvalue weighted by Crippen LogP contribution is 2.24. The second kappa shape index (κ2) is 9.85. The summed E-state index contributed by atoms with van der Waals surface area (Å²) in [5.41, 5.74) is 3.75. The van der Waals surface area contributed by atoms with E-state index in [0.29, 0.717) is 23.7 Å². The molecule has 0 aliphatic carbocycles. The van der Waals surface area contributed by atoms with Crippen LogP contribution in [0.25, 0.3) is 0 Å². The molecular weight excluding hydrogens is 453 g/mol. The van der Waals surface area contributed by atoms with E-state index < -0.39 is 10.0 Å². The summed E-state index contributed by atoms with van der Waals surface area (Å²) in [6.07, 6.45) is 0.941. The standard InChI is InChI=1S/C26H28FN3O3S/c1-18-3-12-25(15-19(18)2)34(32,33)29-23-8-4-21(5-9-23)26(31)28-16-20-13-14-30(17-20)24-10-6-22(27)7-11-24/h3-12,15,20,29H,13-14,16-17H2,1-2H3,(H,28,31). The summed E-state index contributed by atoms with van der Waals surface area (Å²) >= 11 is 0. The topological polar surface area (TPSA) is 78.5 Å². The second-order valence-corrected chi connectivity index (χ2v) is 10.4. The molecule has 4 rings (SSSR count). The van der Waals surface area contributed by atoms with Gasteiger partial charge in [0, 0.05) is 36.6 Å². The third-order valence-corrected chi connectivity index (χ3v) is 7.60. The first-order valence-corrected chi connectivity index (χ1v) is 12.7. The molecule has 8 heteroatoms. The molecule has 1 aliphatic rings. The number of benzene rings is 3. The van der Waals surface area contributed by atoms with Crippen LogP contribution in [-0.4, -0.2) is 34.0 Å². The number of halogens is 1. The first-order chi connectivity index (χ1) is 16.2. The van der Waals surface area contributed by atoms with Crippen LogP contribution in [0.3, 0.4) is 0 Å².